The second kappa shape index (κ2) is 5.59. The Morgan fingerprint density at radius 2 is 1.81 bits per heavy atom. The van der Waals surface area contributed by atoms with Gasteiger partial charge in [0.05, 0.1) is 12.1 Å². The highest BCUT2D eigenvalue weighted by atomic mass is 35.6. The topological polar surface area (TPSA) is 44.9 Å². The molecule has 0 unspecified atom stereocenters. The largest absolute Gasteiger partial charge is 0.417 e. The molecule has 0 amide bonds. The molecule has 0 atom stereocenters. The zero-order valence-corrected chi connectivity index (χ0v) is 12.5. The molecule has 2 N–H and O–H groups in total. The number of hydrogen-bond donors (Lipinski definition) is 2. The molecule has 0 spiro atoms. The number of aromatic nitrogens is 1. The van der Waals surface area contributed by atoms with E-state index in [2.05, 4.69) is 10.3 Å². The molecule has 0 aliphatic heterocycles. The first kappa shape index (κ1) is 16.3. The van der Waals surface area contributed by atoms with Crippen molar-refractivity contribution in [2.24, 2.45) is 0 Å². The highest BCUT2D eigenvalue weighted by Gasteiger charge is 2.33. The van der Waals surface area contributed by atoms with Gasteiger partial charge in [0.1, 0.15) is 0 Å². The molecule has 0 saturated carbocycles. The Labute approximate surface area is 132 Å². The van der Waals surface area contributed by atoms with E-state index in [-0.39, 0.29) is 17.4 Å². The number of H-pyrrole nitrogens is 1. The van der Waals surface area contributed by atoms with Gasteiger partial charge in [-0.3, -0.25) is 4.79 Å². The Morgan fingerprint density at radius 3 is 2.38 bits per heavy atom. The van der Waals surface area contributed by atoms with Crippen LogP contribution in [-0.2, 0) is 6.18 Å². The van der Waals surface area contributed by atoms with Gasteiger partial charge in [0.2, 0.25) is 9.35 Å². The van der Waals surface area contributed by atoms with Crippen LogP contribution in [0.5, 0.6) is 0 Å². The SMILES string of the molecule is O=c1cc(C(F)(F)F)c2cc(NCC(Cl)(Cl)Cl)ccc2[nH]1. The Hall–Kier alpha value is -1.11. The molecular weight excluding hydrogens is 351 g/mol. The van der Waals surface area contributed by atoms with E-state index in [1.54, 1.807) is 0 Å². The average molecular weight is 360 g/mol. The van der Waals surface area contributed by atoms with E-state index < -0.39 is 21.1 Å². The van der Waals surface area contributed by atoms with Gasteiger partial charge in [0.25, 0.3) is 0 Å². The van der Waals surface area contributed by atoms with E-state index in [0.717, 1.165) is 0 Å². The molecule has 2 rings (SSSR count). The van der Waals surface area contributed by atoms with Crippen molar-refractivity contribution in [3.8, 4) is 0 Å². The molecule has 21 heavy (non-hydrogen) atoms. The van der Waals surface area contributed by atoms with Crippen LogP contribution in [0.15, 0.2) is 29.1 Å². The third kappa shape index (κ3) is 4.18. The summed E-state index contributed by atoms with van der Waals surface area (Å²) in [4.78, 5) is 13.6. The molecule has 1 heterocycles. The molecule has 0 fully saturated rings. The van der Waals surface area contributed by atoms with E-state index in [1.807, 2.05) is 0 Å². The van der Waals surface area contributed by atoms with Crippen LogP contribution < -0.4 is 10.9 Å². The fourth-order valence-corrected chi connectivity index (χ4v) is 2.00. The van der Waals surface area contributed by atoms with Crippen molar-refractivity contribution in [1.82, 2.24) is 4.98 Å². The van der Waals surface area contributed by atoms with Crippen LogP contribution >= 0.6 is 34.8 Å². The van der Waals surface area contributed by atoms with Crippen molar-refractivity contribution in [1.29, 1.82) is 0 Å². The van der Waals surface area contributed by atoms with Crippen LogP contribution in [0.1, 0.15) is 5.56 Å². The fourth-order valence-electron chi connectivity index (χ4n) is 1.80. The van der Waals surface area contributed by atoms with Crippen molar-refractivity contribution in [2.75, 3.05) is 11.9 Å². The molecular formula is C12H8Cl3F3N2O. The number of hydrogen-bond acceptors (Lipinski definition) is 2. The number of rotatable bonds is 2. The van der Waals surface area contributed by atoms with Crippen LogP contribution in [0.3, 0.4) is 0 Å². The third-order valence-electron chi connectivity index (χ3n) is 2.64. The minimum absolute atomic E-state index is 0.0755. The number of fused-ring (bicyclic) bond motifs is 1. The van der Waals surface area contributed by atoms with Gasteiger partial charge in [0, 0.05) is 22.7 Å². The van der Waals surface area contributed by atoms with E-state index in [1.165, 1.54) is 18.2 Å². The molecule has 0 bridgehead atoms. The molecule has 0 aliphatic carbocycles. The Balaban J connectivity index is 2.51. The molecule has 2 aromatic rings. The summed E-state index contributed by atoms with van der Waals surface area (Å²) in [5.74, 6) is 0. The quantitative estimate of drug-likeness (QED) is 0.784. The fraction of sp³-hybridized carbons (Fsp3) is 0.250. The summed E-state index contributed by atoms with van der Waals surface area (Å²) in [7, 11) is 0. The summed E-state index contributed by atoms with van der Waals surface area (Å²) in [5.41, 5.74) is -1.42. The van der Waals surface area contributed by atoms with E-state index in [9.17, 15) is 18.0 Å². The van der Waals surface area contributed by atoms with E-state index in [0.29, 0.717) is 11.8 Å². The number of alkyl halides is 6. The molecule has 0 aliphatic rings. The molecule has 3 nitrogen and oxygen atoms in total. The second-order valence-corrected chi connectivity index (χ2v) is 6.79. The van der Waals surface area contributed by atoms with Gasteiger partial charge in [-0.2, -0.15) is 13.2 Å². The number of benzene rings is 1. The molecule has 0 saturated heterocycles. The number of nitrogens with one attached hydrogen (secondary N) is 2. The van der Waals surface area contributed by atoms with Gasteiger partial charge in [-0.25, -0.2) is 0 Å². The number of halogens is 6. The average Bonchev–Trinajstić information content (AvgIpc) is 2.33. The number of pyridine rings is 1. The van der Waals surface area contributed by atoms with Gasteiger partial charge in [0.15, 0.2) is 0 Å². The lowest BCUT2D eigenvalue weighted by Crippen LogP contribution is -2.18. The lowest BCUT2D eigenvalue weighted by atomic mass is 10.1. The maximum atomic E-state index is 13.0. The van der Waals surface area contributed by atoms with Crippen molar-refractivity contribution >= 4 is 51.4 Å². The lowest BCUT2D eigenvalue weighted by molar-refractivity contribution is -0.136. The van der Waals surface area contributed by atoms with E-state index >= 15 is 0 Å². The summed E-state index contributed by atoms with van der Waals surface area (Å²) >= 11 is 16.7. The summed E-state index contributed by atoms with van der Waals surface area (Å²) in [6, 6.07) is 4.59. The number of aromatic amines is 1. The third-order valence-corrected chi connectivity index (χ3v) is 3.04. The van der Waals surface area contributed by atoms with Gasteiger partial charge in [-0.1, -0.05) is 34.8 Å². The van der Waals surface area contributed by atoms with Crippen molar-refractivity contribution < 1.29 is 13.2 Å². The predicted octanol–water partition coefficient (Wildman–Crippen LogP) is 4.33. The zero-order chi connectivity index (χ0) is 15.8. The van der Waals surface area contributed by atoms with Crippen LogP contribution in [0.25, 0.3) is 10.9 Å². The zero-order valence-electron chi connectivity index (χ0n) is 10.2. The van der Waals surface area contributed by atoms with Gasteiger partial charge in [-0.15, -0.1) is 0 Å². The van der Waals surface area contributed by atoms with Crippen LogP contribution in [0, 0.1) is 0 Å². The number of anilines is 1. The normalized spacial score (nSPS) is 12.7. The Kier molecular flexibility index (Phi) is 4.33. The van der Waals surface area contributed by atoms with Crippen molar-refractivity contribution in [3.63, 3.8) is 0 Å². The molecule has 0 radical (unpaired) electrons. The molecule has 114 valence electrons. The molecule has 1 aromatic carbocycles. The highest BCUT2D eigenvalue weighted by Crippen LogP contribution is 2.34. The van der Waals surface area contributed by atoms with Crippen molar-refractivity contribution in [3.05, 3.63) is 40.2 Å². The van der Waals surface area contributed by atoms with E-state index in [4.69, 9.17) is 34.8 Å². The van der Waals surface area contributed by atoms with Gasteiger partial charge < -0.3 is 10.3 Å². The Morgan fingerprint density at radius 1 is 1.14 bits per heavy atom. The van der Waals surface area contributed by atoms with Crippen molar-refractivity contribution in [2.45, 2.75) is 9.97 Å². The minimum Gasteiger partial charge on any atom is -0.381 e. The predicted molar refractivity (Wildman–Crippen MR) is 78.4 cm³/mol. The van der Waals surface area contributed by atoms with Crippen LogP contribution in [-0.4, -0.2) is 15.3 Å². The van der Waals surface area contributed by atoms with Crippen LogP contribution in [0.2, 0.25) is 0 Å². The minimum atomic E-state index is -4.64. The summed E-state index contributed by atoms with van der Waals surface area (Å²) < 4.78 is 37.3. The smallest absolute Gasteiger partial charge is 0.381 e. The summed E-state index contributed by atoms with van der Waals surface area (Å²) in [5, 5.41) is 2.57. The van der Waals surface area contributed by atoms with Crippen LogP contribution in [0.4, 0.5) is 18.9 Å². The summed E-state index contributed by atoms with van der Waals surface area (Å²) in [6.07, 6.45) is -4.64. The first-order valence-corrected chi connectivity index (χ1v) is 6.74. The molecule has 9 heteroatoms. The molecule has 1 aromatic heterocycles. The Bertz CT molecular complexity index is 722. The summed E-state index contributed by atoms with van der Waals surface area (Å²) in [6.45, 7) is -0.0755. The maximum absolute atomic E-state index is 13.0. The first-order chi connectivity index (χ1) is 9.56. The first-order valence-electron chi connectivity index (χ1n) is 5.61. The monoisotopic (exact) mass is 358 g/mol. The highest BCUT2D eigenvalue weighted by molar-refractivity contribution is 6.67. The maximum Gasteiger partial charge on any atom is 0.417 e. The standard InChI is InChI=1S/C12H8Cl3F3N2O/c13-11(14,15)5-19-6-1-2-9-7(3-6)8(12(16,17)18)4-10(21)20-9/h1-4,19H,5H2,(H,20,21). The lowest BCUT2D eigenvalue weighted by Gasteiger charge is -2.15. The van der Waals surface area contributed by atoms with Gasteiger partial charge in [-0.05, 0) is 18.2 Å². The second-order valence-electron chi connectivity index (χ2n) is 4.27. The van der Waals surface area contributed by atoms with Gasteiger partial charge >= 0.3 is 6.18 Å².